The average Bonchev–Trinajstić information content (AvgIpc) is 2.72. The zero-order valence-corrected chi connectivity index (χ0v) is 20.3. The molecule has 1 N–H and O–H groups in total. The van der Waals surface area contributed by atoms with Crippen LogP contribution in [0.15, 0.2) is 85.0 Å². The fraction of sp³-hybridized carbons (Fsp3) is 0.407. The van der Waals surface area contributed by atoms with Gasteiger partial charge in [0.15, 0.2) is 0 Å². The van der Waals surface area contributed by atoms with E-state index in [1.807, 2.05) is 0 Å². The fourth-order valence-electron chi connectivity index (χ4n) is 4.00. The third-order valence-electron chi connectivity index (χ3n) is 5.59. The van der Waals surface area contributed by atoms with E-state index in [1.54, 1.807) is 0 Å². The molecule has 0 aliphatic rings. The van der Waals surface area contributed by atoms with Crippen molar-refractivity contribution in [2.24, 2.45) is 5.41 Å². The molecular formula is C27H38O2Si. The van der Waals surface area contributed by atoms with Crippen molar-refractivity contribution < 1.29 is 9.53 Å². The highest BCUT2D eigenvalue weighted by molar-refractivity contribution is 6.99. The van der Waals surface area contributed by atoms with Gasteiger partial charge in [-0.3, -0.25) is 0 Å². The molecule has 2 nitrogen and oxygen atoms in total. The topological polar surface area (TPSA) is 29.5 Å². The van der Waals surface area contributed by atoms with Crippen LogP contribution in [-0.4, -0.2) is 26.6 Å². The maximum atomic E-state index is 9.05. The molecule has 0 aliphatic carbocycles. The van der Waals surface area contributed by atoms with Gasteiger partial charge in [-0.1, -0.05) is 120 Å². The first-order valence-corrected chi connectivity index (χ1v) is 12.8. The van der Waals surface area contributed by atoms with Gasteiger partial charge in [0.25, 0.3) is 8.32 Å². The van der Waals surface area contributed by atoms with Crippen LogP contribution in [-0.2, 0) is 4.43 Å². The van der Waals surface area contributed by atoms with Gasteiger partial charge in [-0.2, -0.15) is 0 Å². The van der Waals surface area contributed by atoms with Gasteiger partial charge in [0.05, 0.1) is 6.61 Å². The highest BCUT2D eigenvalue weighted by atomic mass is 28.4. The number of allylic oxidation sites excluding steroid dienone is 3. The lowest BCUT2D eigenvalue weighted by atomic mass is 9.87. The molecule has 0 aromatic heterocycles. The molecule has 162 valence electrons. The van der Waals surface area contributed by atoms with Crippen molar-refractivity contribution in [2.75, 3.05) is 13.2 Å². The van der Waals surface area contributed by atoms with E-state index in [2.05, 4.69) is 120 Å². The molecule has 0 spiro atoms. The standard InChI is InChI=1S/C27H38O2Si/c1-26(2,3)30(24-16-9-6-10-17-24,25-18-11-7-12-19-25)29-23-14-8-13-20-27(4,5)21-15-22-28/h6-14,16-20,28H,15,21-23H2,1-5H3/b14-8+,20-13+. The molecule has 0 amide bonds. The van der Waals surface area contributed by atoms with Crippen LogP contribution in [0.5, 0.6) is 0 Å². The Morgan fingerprint density at radius 1 is 0.833 bits per heavy atom. The third kappa shape index (κ3) is 6.28. The van der Waals surface area contributed by atoms with Crippen LogP contribution >= 0.6 is 0 Å². The van der Waals surface area contributed by atoms with Crippen molar-refractivity contribution in [3.8, 4) is 0 Å². The highest BCUT2D eigenvalue weighted by Crippen LogP contribution is 2.36. The zero-order valence-electron chi connectivity index (χ0n) is 19.3. The van der Waals surface area contributed by atoms with Crippen molar-refractivity contribution in [2.45, 2.75) is 52.5 Å². The van der Waals surface area contributed by atoms with Crippen molar-refractivity contribution in [1.82, 2.24) is 0 Å². The predicted molar refractivity (Wildman–Crippen MR) is 132 cm³/mol. The van der Waals surface area contributed by atoms with E-state index in [1.165, 1.54) is 10.4 Å². The minimum Gasteiger partial charge on any atom is -0.404 e. The number of benzene rings is 2. The second-order valence-corrected chi connectivity index (χ2v) is 13.9. The van der Waals surface area contributed by atoms with E-state index in [-0.39, 0.29) is 17.1 Å². The van der Waals surface area contributed by atoms with Crippen LogP contribution in [0, 0.1) is 5.41 Å². The van der Waals surface area contributed by atoms with Crippen molar-refractivity contribution in [3.63, 3.8) is 0 Å². The van der Waals surface area contributed by atoms with Gasteiger partial charge in [-0.15, -0.1) is 0 Å². The van der Waals surface area contributed by atoms with Gasteiger partial charge in [-0.05, 0) is 33.7 Å². The van der Waals surface area contributed by atoms with Gasteiger partial charge in [0.1, 0.15) is 0 Å². The zero-order chi connectivity index (χ0) is 22.1. The summed E-state index contributed by atoms with van der Waals surface area (Å²) in [5.41, 5.74) is 0.0892. The third-order valence-corrected chi connectivity index (χ3v) is 10.6. The van der Waals surface area contributed by atoms with Crippen LogP contribution in [0.2, 0.25) is 5.04 Å². The van der Waals surface area contributed by atoms with Crippen LogP contribution in [0.25, 0.3) is 0 Å². The predicted octanol–water partition coefficient (Wildman–Crippen LogP) is 5.47. The first-order valence-electron chi connectivity index (χ1n) is 10.9. The van der Waals surface area contributed by atoms with E-state index < -0.39 is 8.32 Å². The monoisotopic (exact) mass is 422 g/mol. The van der Waals surface area contributed by atoms with E-state index >= 15 is 0 Å². The Bertz CT molecular complexity index is 762. The fourth-order valence-corrected chi connectivity index (χ4v) is 8.50. The first-order chi connectivity index (χ1) is 14.2. The Morgan fingerprint density at radius 3 is 1.83 bits per heavy atom. The molecular weight excluding hydrogens is 384 g/mol. The van der Waals surface area contributed by atoms with E-state index in [4.69, 9.17) is 9.53 Å². The lowest BCUT2D eigenvalue weighted by molar-refractivity contribution is 0.262. The summed E-state index contributed by atoms with van der Waals surface area (Å²) in [5.74, 6) is 0. The summed E-state index contributed by atoms with van der Waals surface area (Å²) >= 11 is 0. The number of aliphatic hydroxyl groups excluding tert-OH is 1. The molecule has 2 aromatic rings. The first kappa shape index (κ1) is 24.3. The molecule has 0 bridgehead atoms. The van der Waals surface area contributed by atoms with Crippen LogP contribution in [0.4, 0.5) is 0 Å². The van der Waals surface area contributed by atoms with Gasteiger partial charge in [0, 0.05) is 6.61 Å². The number of aliphatic hydroxyl groups is 1. The summed E-state index contributed by atoms with van der Waals surface area (Å²) in [7, 11) is -2.47. The van der Waals surface area contributed by atoms with Crippen LogP contribution in [0.3, 0.4) is 0 Å². The SMILES string of the molecule is CC(C)(/C=C/C=C/CO[Si](c1ccccc1)(c1ccccc1)C(C)(C)C)CCCO. The molecule has 3 heteroatoms. The average molecular weight is 423 g/mol. The molecule has 2 rings (SSSR count). The Hall–Kier alpha value is -1.94. The van der Waals surface area contributed by atoms with Crippen LogP contribution < -0.4 is 10.4 Å². The van der Waals surface area contributed by atoms with Crippen LogP contribution in [0.1, 0.15) is 47.5 Å². The number of hydrogen-bond acceptors (Lipinski definition) is 2. The van der Waals surface area contributed by atoms with Crippen molar-refractivity contribution in [3.05, 3.63) is 85.0 Å². The molecule has 0 atom stereocenters. The summed E-state index contributed by atoms with van der Waals surface area (Å²) in [6.45, 7) is 12.1. The van der Waals surface area contributed by atoms with E-state index in [0.717, 1.165) is 12.8 Å². The van der Waals surface area contributed by atoms with E-state index in [9.17, 15) is 0 Å². The Balaban J connectivity index is 2.25. The van der Waals surface area contributed by atoms with E-state index in [0.29, 0.717) is 6.61 Å². The Morgan fingerprint density at radius 2 is 1.37 bits per heavy atom. The Labute approximate surface area is 184 Å². The van der Waals surface area contributed by atoms with Crippen molar-refractivity contribution in [1.29, 1.82) is 0 Å². The molecule has 0 saturated heterocycles. The molecule has 30 heavy (non-hydrogen) atoms. The molecule has 2 aromatic carbocycles. The second kappa shape index (κ2) is 10.9. The smallest absolute Gasteiger partial charge is 0.261 e. The quantitative estimate of drug-likeness (QED) is 0.406. The van der Waals surface area contributed by atoms with Gasteiger partial charge in [0.2, 0.25) is 0 Å². The maximum Gasteiger partial charge on any atom is 0.261 e. The van der Waals surface area contributed by atoms with Gasteiger partial charge >= 0.3 is 0 Å². The largest absolute Gasteiger partial charge is 0.404 e. The normalized spacial score (nSPS) is 13.4. The molecule has 0 radical (unpaired) electrons. The molecule has 0 unspecified atom stereocenters. The highest BCUT2D eigenvalue weighted by Gasteiger charge is 2.49. The summed E-state index contributed by atoms with van der Waals surface area (Å²) in [5, 5.41) is 11.6. The molecule has 0 heterocycles. The summed E-state index contributed by atoms with van der Waals surface area (Å²) in [4.78, 5) is 0. The maximum absolute atomic E-state index is 9.05. The minimum atomic E-state index is -2.47. The number of hydrogen-bond donors (Lipinski definition) is 1. The minimum absolute atomic E-state index is 0.00826. The molecule has 0 fully saturated rings. The molecule has 0 saturated carbocycles. The molecule has 0 aliphatic heterocycles. The summed E-state index contributed by atoms with van der Waals surface area (Å²) < 4.78 is 6.85. The summed E-state index contributed by atoms with van der Waals surface area (Å²) in [6, 6.07) is 21.5. The van der Waals surface area contributed by atoms with Gasteiger partial charge < -0.3 is 9.53 Å². The lowest BCUT2D eigenvalue weighted by Crippen LogP contribution is -2.66. The second-order valence-electron chi connectivity index (χ2n) is 9.58. The Kier molecular flexibility index (Phi) is 8.84. The summed E-state index contributed by atoms with van der Waals surface area (Å²) in [6.07, 6.45) is 10.3. The van der Waals surface area contributed by atoms with Gasteiger partial charge in [-0.25, -0.2) is 0 Å². The van der Waals surface area contributed by atoms with Crippen molar-refractivity contribution >= 4 is 18.7 Å². The lowest BCUT2D eigenvalue weighted by Gasteiger charge is -2.42. The number of rotatable bonds is 10.